The van der Waals surface area contributed by atoms with Crippen LogP contribution >= 0.6 is 11.6 Å². The van der Waals surface area contributed by atoms with Crippen molar-refractivity contribution >= 4 is 34.1 Å². The maximum absolute atomic E-state index is 11.6. The Labute approximate surface area is 142 Å². The van der Waals surface area contributed by atoms with Gasteiger partial charge in [-0.25, -0.2) is 0 Å². The molecule has 0 saturated carbocycles. The van der Waals surface area contributed by atoms with Crippen LogP contribution in [0, 0.1) is 0 Å². The monoisotopic (exact) mass is 343 g/mol. The lowest BCUT2D eigenvalue weighted by atomic mass is 10.1. The van der Waals surface area contributed by atoms with Crippen molar-refractivity contribution in [3.8, 4) is 17.2 Å². The Hall–Kier alpha value is -2.99. The quantitative estimate of drug-likeness (QED) is 0.707. The molecule has 0 aliphatic heterocycles. The van der Waals surface area contributed by atoms with Crippen LogP contribution in [0.3, 0.4) is 0 Å². The highest BCUT2D eigenvalue weighted by Crippen LogP contribution is 2.35. The molecule has 0 radical (unpaired) electrons. The Bertz CT molecular complexity index is 944. The van der Waals surface area contributed by atoms with Crippen LogP contribution in [-0.4, -0.2) is 18.0 Å². The number of amides is 1. The highest BCUT2D eigenvalue weighted by Gasteiger charge is 2.15. The van der Waals surface area contributed by atoms with Crippen molar-refractivity contribution in [2.24, 2.45) is 5.73 Å². The molecule has 2 aromatic carbocycles. The predicted molar refractivity (Wildman–Crippen MR) is 92.8 cm³/mol. The molecule has 0 saturated heterocycles. The molecule has 0 unspecified atom stereocenters. The van der Waals surface area contributed by atoms with Gasteiger partial charge >= 0.3 is 0 Å². The molecule has 3 rings (SSSR count). The number of fused-ring (bicyclic) bond motifs is 1. The second-order valence-corrected chi connectivity index (χ2v) is 5.46. The van der Waals surface area contributed by atoms with E-state index < -0.39 is 5.91 Å². The SMILES string of the molecule is COc1cc2nccc(Oc3cc(Cl)ccc3N)c2cc1C(N)=O. The summed E-state index contributed by atoms with van der Waals surface area (Å²) in [5.41, 5.74) is 12.6. The largest absolute Gasteiger partial charge is 0.496 e. The maximum Gasteiger partial charge on any atom is 0.252 e. The summed E-state index contributed by atoms with van der Waals surface area (Å²) >= 11 is 5.98. The van der Waals surface area contributed by atoms with E-state index in [-0.39, 0.29) is 5.56 Å². The minimum atomic E-state index is -0.606. The molecule has 0 atom stereocenters. The molecule has 4 N–H and O–H groups in total. The molecule has 24 heavy (non-hydrogen) atoms. The Kier molecular flexibility index (Phi) is 4.14. The van der Waals surface area contributed by atoms with Gasteiger partial charge in [0.15, 0.2) is 5.75 Å². The highest BCUT2D eigenvalue weighted by molar-refractivity contribution is 6.30. The van der Waals surface area contributed by atoms with Gasteiger partial charge in [0.05, 0.1) is 23.9 Å². The molecule has 1 heterocycles. The normalized spacial score (nSPS) is 10.6. The lowest BCUT2D eigenvalue weighted by Gasteiger charge is -2.13. The van der Waals surface area contributed by atoms with E-state index in [1.165, 1.54) is 7.11 Å². The van der Waals surface area contributed by atoms with Gasteiger partial charge in [-0.1, -0.05) is 11.6 Å². The third-order valence-electron chi connectivity index (χ3n) is 3.48. The molecule has 0 aliphatic carbocycles. The highest BCUT2D eigenvalue weighted by atomic mass is 35.5. The molecule has 3 aromatic rings. The summed E-state index contributed by atoms with van der Waals surface area (Å²) < 4.78 is 11.1. The molecule has 6 nitrogen and oxygen atoms in total. The second kappa shape index (κ2) is 6.25. The van der Waals surface area contributed by atoms with Gasteiger partial charge in [-0.05, 0) is 24.3 Å². The van der Waals surface area contributed by atoms with Gasteiger partial charge in [-0.15, -0.1) is 0 Å². The van der Waals surface area contributed by atoms with Gasteiger partial charge in [0.25, 0.3) is 5.91 Å². The van der Waals surface area contributed by atoms with E-state index in [4.69, 9.17) is 32.5 Å². The summed E-state index contributed by atoms with van der Waals surface area (Å²) in [4.78, 5) is 15.9. The zero-order valence-electron chi connectivity index (χ0n) is 12.7. The van der Waals surface area contributed by atoms with Crippen molar-refractivity contribution in [3.63, 3.8) is 0 Å². The summed E-state index contributed by atoms with van der Waals surface area (Å²) in [6.45, 7) is 0. The van der Waals surface area contributed by atoms with Gasteiger partial charge in [0.1, 0.15) is 11.5 Å². The van der Waals surface area contributed by atoms with Gasteiger partial charge in [-0.2, -0.15) is 0 Å². The number of ether oxygens (including phenoxy) is 2. The number of carbonyl (C=O) groups is 1. The van der Waals surface area contributed by atoms with Crippen LogP contribution in [0.5, 0.6) is 17.2 Å². The number of rotatable bonds is 4. The van der Waals surface area contributed by atoms with E-state index in [0.717, 1.165) is 0 Å². The molecular weight excluding hydrogens is 330 g/mol. The van der Waals surface area contributed by atoms with Gasteiger partial charge in [-0.3, -0.25) is 9.78 Å². The number of nitrogens with two attached hydrogens (primary N) is 2. The van der Waals surface area contributed by atoms with Crippen molar-refractivity contribution in [2.45, 2.75) is 0 Å². The number of methoxy groups -OCH3 is 1. The zero-order chi connectivity index (χ0) is 17.3. The number of aromatic nitrogens is 1. The number of nitrogen functional groups attached to an aromatic ring is 1. The first-order valence-corrected chi connectivity index (χ1v) is 7.37. The van der Waals surface area contributed by atoms with E-state index in [1.807, 2.05) is 0 Å². The first-order valence-electron chi connectivity index (χ1n) is 6.99. The van der Waals surface area contributed by atoms with Crippen LogP contribution in [0.4, 0.5) is 5.69 Å². The summed E-state index contributed by atoms with van der Waals surface area (Å²) in [5.74, 6) is 0.623. The number of benzene rings is 2. The van der Waals surface area contributed by atoms with Gasteiger partial charge in [0.2, 0.25) is 0 Å². The lowest BCUT2D eigenvalue weighted by molar-refractivity contribution is 0.0997. The van der Waals surface area contributed by atoms with Crippen LogP contribution in [0.1, 0.15) is 10.4 Å². The van der Waals surface area contributed by atoms with Crippen molar-refractivity contribution in [3.05, 3.63) is 53.2 Å². The Balaban J connectivity index is 2.16. The fraction of sp³-hybridized carbons (Fsp3) is 0.0588. The van der Waals surface area contributed by atoms with Crippen molar-refractivity contribution < 1.29 is 14.3 Å². The van der Waals surface area contributed by atoms with E-state index in [1.54, 1.807) is 42.6 Å². The molecule has 1 aromatic heterocycles. The van der Waals surface area contributed by atoms with E-state index >= 15 is 0 Å². The first-order chi connectivity index (χ1) is 11.5. The number of hydrogen-bond donors (Lipinski definition) is 2. The molecule has 0 aliphatic rings. The van der Waals surface area contributed by atoms with Crippen LogP contribution in [0.25, 0.3) is 10.9 Å². The van der Waals surface area contributed by atoms with Gasteiger partial charge < -0.3 is 20.9 Å². The summed E-state index contributed by atoms with van der Waals surface area (Å²) in [7, 11) is 1.46. The van der Waals surface area contributed by atoms with Crippen LogP contribution in [-0.2, 0) is 0 Å². The molecule has 7 heteroatoms. The number of hydrogen-bond acceptors (Lipinski definition) is 5. The average Bonchev–Trinajstić information content (AvgIpc) is 2.57. The fourth-order valence-corrected chi connectivity index (χ4v) is 2.48. The third-order valence-corrected chi connectivity index (χ3v) is 3.72. The molecule has 0 spiro atoms. The van der Waals surface area contributed by atoms with Crippen LogP contribution in [0.15, 0.2) is 42.6 Å². The average molecular weight is 344 g/mol. The second-order valence-electron chi connectivity index (χ2n) is 5.03. The smallest absolute Gasteiger partial charge is 0.252 e. The molecule has 0 bridgehead atoms. The standard InChI is InChI=1S/C17H14ClN3O3/c1-23-15-8-13-10(7-11(15)17(20)22)14(4-5-21-13)24-16-6-9(18)2-3-12(16)19/h2-8H,19H2,1H3,(H2,20,22). The maximum atomic E-state index is 11.6. The van der Waals surface area contributed by atoms with Crippen molar-refractivity contribution in [1.82, 2.24) is 4.98 Å². The van der Waals surface area contributed by atoms with E-state index in [0.29, 0.717) is 38.9 Å². The minimum Gasteiger partial charge on any atom is -0.496 e. The van der Waals surface area contributed by atoms with Crippen LogP contribution in [0.2, 0.25) is 5.02 Å². The van der Waals surface area contributed by atoms with E-state index in [9.17, 15) is 4.79 Å². The number of anilines is 1. The Morgan fingerprint density at radius 2 is 1.92 bits per heavy atom. The Morgan fingerprint density at radius 1 is 1.12 bits per heavy atom. The number of primary amides is 1. The van der Waals surface area contributed by atoms with Crippen molar-refractivity contribution in [2.75, 3.05) is 12.8 Å². The molecule has 122 valence electrons. The summed E-state index contributed by atoms with van der Waals surface area (Å²) in [6.07, 6.45) is 1.59. The minimum absolute atomic E-state index is 0.238. The zero-order valence-corrected chi connectivity index (χ0v) is 13.5. The lowest BCUT2D eigenvalue weighted by Crippen LogP contribution is -2.12. The van der Waals surface area contributed by atoms with E-state index in [2.05, 4.69) is 4.98 Å². The van der Waals surface area contributed by atoms with Crippen LogP contribution < -0.4 is 20.9 Å². The fourth-order valence-electron chi connectivity index (χ4n) is 2.31. The Morgan fingerprint density at radius 3 is 2.62 bits per heavy atom. The van der Waals surface area contributed by atoms with Gasteiger partial charge in [0, 0.05) is 28.7 Å². The predicted octanol–water partition coefficient (Wildman–Crippen LogP) is 3.37. The first kappa shape index (κ1) is 15.9. The number of pyridine rings is 1. The third kappa shape index (κ3) is 2.91. The molecule has 0 fully saturated rings. The summed E-state index contributed by atoms with van der Waals surface area (Å²) in [5, 5.41) is 1.10. The topological polar surface area (TPSA) is 100 Å². The van der Waals surface area contributed by atoms with Crippen molar-refractivity contribution in [1.29, 1.82) is 0 Å². The molecule has 1 amide bonds. The number of halogens is 1. The summed E-state index contributed by atoms with van der Waals surface area (Å²) in [6, 6.07) is 9.81. The number of nitrogens with zero attached hydrogens (tertiary/aromatic N) is 1. The number of carbonyl (C=O) groups excluding carboxylic acids is 1. The molecular formula is C17H14ClN3O3.